The summed E-state index contributed by atoms with van der Waals surface area (Å²) in [4.78, 5) is 16.0. The van der Waals surface area contributed by atoms with Gasteiger partial charge in [0.2, 0.25) is 0 Å². The van der Waals surface area contributed by atoms with Gasteiger partial charge in [-0.1, -0.05) is 13.8 Å². The van der Waals surface area contributed by atoms with E-state index in [2.05, 4.69) is 26.8 Å². The van der Waals surface area contributed by atoms with E-state index in [4.69, 9.17) is 9.59 Å². The van der Waals surface area contributed by atoms with Gasteiger partial charge in [-0.05, 0) is 0 Å². The quantitative estimate of drug-likeness (QED) is 0.621. The SMILES string of the molecule is C=O.C=O.CC1=[C-]CC(C)=C1C.[Ir]. The molecule has 0 aromatic heterocycles. The molecular weight excluding hydrogens is 344 g/mol. The van der Waals surface area contributed by atoms with Crippen LogP contribution in [0.2, 0.25) is 0 Å². The largest absolute Gasteiger partial charge is 0.307 e. The summed E-state index contributed by atoms with van der Waals surface area (Å²) < 4.78 is 0. The summed E-state index contributed by atoms with van der Waals surface area (Å²) in [6.07, 6.45) is 4.31. The van der Waals surface area contributed by atoms with Crippen LogP contribution in [0.15, 0.2) is 16.7 Å². The first-order valence-corrected chi connectivity index (χ1v) is 3.53. The molecule has 1 aliphatic rings. The summed E-state index contributed by atoms with van der Waals surface area (Å²) in [7, 11) is 0. The average molecular weight is 359 g/mol. The van der Waals surface area contributed by atoms with E-state index in [0.29, 0.717) is 0 Å². The van der Waals surface area contributed by atoms with Gasteiger partial charge in [-0.15, -0.1) is 13.3 Å². The van der Waals surface area contributed by atoms with E-state index in [9.17, 15) is 0 Å². The van der Waals surface area contributed by atoms with Crippen LogP contribution in [0.1, 0.15) is 27.2 Å². The van der Waals surface area contributed by atoms with E-state index in [-0.39, 0.29) is 20.1 Å². The molecule has 0 heterocycles. The van der Waals surface area contributed by atoms with Crippen LogP contribution in [0, 0.1) is 6.08 Å². The fourth-order valence-electron chi connectivity index (χ4n) is 0.850. The van der Waals surface area contributed by atoms with E-state index in [1.54, 1.807) is 0 Å². The standard InChI is InChI=1S/C8H11.2CH2O.Ir/c1-6-4-5-7(2)8(6)3;2*1-2;/h4H2,1-3H3;2*1H2;/q-1;;;. The first kappa shape index (κ1) is 18.3. The molecule has 77 valence electrons. The third-order valence-electron chi connectivity index (χ3n) is 1.82. The molecule has 0 fully saturated rings. The summed E-state index contributed by atoms with van der Waals surface area (Å²) in [6, 6.07) is 0. The van der Waals surface area contributed by atoms with E-state index >= 15 is 0 Å². The minimum absolute atomic E-state index is 0. The number of carbonyl (C=O) groups excluding carboxylic acids is 2. The van der Waals surface area contributed by atoms with Crippen molar-refractivity contribution < 1.29 is 29.7 Å². The second-order valence-corrected chi connectivity index (χ2v) is 2.38. The van der Waals surface area contributed by atoms with Gasteiger partial charge in [0.15, 0.2) is 0 Å². The van der Waals surface area contributed by atoms with Crippen molar-refractivity contribution in [3.8, 4) is 0 Å². The Kier molecular flexibility index (Phi) is 16.1. The van der Waals surface area contributed by atoms with Crippen LogP contribution < -0.4 is 0 Å². The van der Waals surface area contributed by atoms with Crippen molar-refractivity contribution in [3.63, 3.8) is 0 Å². The van der Waals surface area contributed by atoms with Crippen molar-refractivity contribution in [3.05, 3.63) is 22.8 Å². The van der Waals surface area contributed by atoms with Gasteiger partial charge >= 0.3 is 0 Å². The Morgan fingerprint density at radius 1 is 1.08 bits per heavy atom. The molecule has 0 spiro atoms. The molecule has 0 saturated carbocycles. The molecule has 0 saturated heterocycles. The molecule has 3 heteroatoms. The van der Waals surface area contributed by atoms with Gasteiger partial charge in [0.25, 0.3) is 0 Å². The first-order chi connectivity index (χ1) is 5.72. The third-order valence-corrected chi connectivity index (χ3v) is 1.82. The summed E-state index contributed by atoms with van der Waals surface area (Å²) >= 11 is 0. The topological polar surface area (TPSA) is 34.1 Å². The van der Waals surface area contributed by atoms with Gasteiger partial charge in [0.05, 0.1) is 0 Å². The van der Waals surface area contributed by atoms with E-state index in [1.807, 2.05) is 13.6 Å². The van der Waals surface area contributed by atoms with Crippen molar-refractivity contribution in [1.82, 2.24) is 0 Å². The number of hydrogen-bond donors (Lipinski definition) is 0. The minimum Gasteiger partial charge on any atom is -0.307 e. The molecule has 0 aliphatic heterocycles. The van der Waals surface area contributed by atoms with E-state index in [0.717, 1.165) is 6.42 Å². The predicted molar refractivity (Wildman–Crippen MR) is 49.7 cm³/mol. The van der Waals surface area contributed by atoms with Crippen LogP contribution in [0.25, 0.3) is 0 Å². The molecule has 1 radical (unpaired) electrons. The minimum atomic E-state index is 0. The maximum absolute atomic E-state index is 8.00. The van der Waals surface area contributed by atoms with Crippen molar-refractivity contribution in [1.29, 1.82) is 0 Å². The van der Waals surface area contributed by atoms with Crippen LogP contribution >= 0.6 is 0 Å². The van der Waals surface area contributed by atoms with Gasteiger partial charge in [-0.3, -0.25) is 6.08 Å². The second-order valence-electron chi connectivity index (χ2n) is 2.38. The van der Waals surface area contributed by atoms with Crippen LogP contribution in [0.5, 0.6) is 0 Å². The van der Waals surface area contributed by atoms with E-state index in [1.165, 1.54) is 16.7 Å². The van der Waals surface area contributed by atoms with Crippen molar-refractivity contribution in [2.75, 3.05) is 0 Å². The number of rotatable bonds is 0. The van der Waals surface area contributed by atoms with Gasteiger partial charge < -0.3 is 9.59 Å². The predicted octanol–water partition coefficient (Wildman–Crippen LogP) is 2.10. The molecule has 0 aromatic carbocycles. The maximum atomic E-state index is 8.00. The van der Waals surface area contributed by atoms with Gasteiger partial charge in [-0.2, -0.15) is 11.1 Å². The van der Waals surface area contributed by atoms with Gasteiger partial charge in [0.1, 0.15) is 13.6 Å². The van der Waals surface area contributed by atoms with E-state index < -0.39 is 0 Å². The van der Waals surface area contributed by atoms with Crippen LogP contribution in [-0.4, -0.2) is 13.6 Å². The fourth-order valence-corrected chi connectivity index (χ4v) is 0.850. The number of allylic oxidation sites excluding steroid dienone is 4. The molecule has 0 aromatic rings. The molecule has 1 aliphatic carbocycles. The Bertz CT molecular complexity index is 188. The zero-order chi connectivity index (χ0) is 10.1. The molecule has 13 heavy (non-hydrogen) atoms. The molecule has 2 nitrogen and oxygen atoms in total. The molecule has 0 amide bonds. The average Bonchev–Trinajstić information content (AvgIpc) is 2.43. The van der Waals surface area contributed by atoms with Crippen LogP contribution in [0.3, 0.4) is 0 Å². The molecular formula is C10H15IrO2-. The van der Waals surface area contributed by atoms with Crippen molar-refractivity contribution in [2.45, 2.75) is 27.2 Å². The maximum Gasteiger partial charge on any atom is 0.106 e. The second kappa shape index (κ2) is 11.5. The van der Waals surface area contributed by atoms with Gasteiger partial charge in [-0.25, -0.2) is 5.57 Å². The molecule has 0 N–H and O–H groups in total. The smallest absolute Gasteiger partial charge is 0.106 e. The molecule has 1 rings (SSSR count). The number of carbonyl (C=O) groups is 2. The zero-order valence-corrected chi connectivity index (χ0v) is 10.7. The number of hydrogen-bond acceptors (Lipinski definition) is 2. The first-order valence-electron chi connectivity index (χ1n) is 3.53. The van der Waals surface area contributed by atoms with Gasteiger partial charge in [0, 0.05) is 20.1 Å². The third kappa shape index (κ3) is 6.61. The molecule has 0 bridgehead atoms. The Morgan fingerprint density at radius 3 is 1.54 bits per heavy atom. The van der Waals surface area contributed by atoms with Crippen molar-refractivity contribution >= 4 is 13.6 Å². The van der Waals surface area contributed by atoms with Crippen LogP contribution in [0.4, 0.5) is 0 Å². The summed E-state index contributed by atoms with van der Waals surface area (Å²) in [6.45, 7) is 10.4. The Balaban J connectivity index is -0.000000178. The Hall–Kier alpha value is -0.531. The molecule has 0 unspecified atom stereocenters. The van der Waals surface area contributed by atoms with Crippen LogP contribution in [-0.2, 0) is 29.7 Å². The Morgan fingerprint density at radius 2 is 1.46 bits per heavy atom. The normalized spacial score (nSPS) is 12.7. The van der Waals surface area contributed by atoms with Crippen molar-refractivity contribution in [2.24, 2.45) is 0 Å². The Labute approximate surface area is 93.5 Å². The monoisotopic (exact) mass is 360 g/mol. The summed E-state index contributed by atoms with van der Waals surface area (Å²) in [5, 5.41) is 0. The molecule has 0 atom stereocenters. The summed E-state index contributed by atoms with van der Waals surface area (Å²) in [5.74, 6) is 0. The fraction of sp³-hybridized carbons (Fsp3) is 0.400. The summed E-state index contributed by atoms with van der Waals surface area (Å²) in [5.41, 5.74) is 4.25. The zero-order valence-electron chi connectivity index (χ0n) is 8.27.